The van der Waals surface area contributed by atoms with E-state index in [1.165, 1.54) is 31.4 Å². The van der Waals surface area contributed by atoms with Gasteiger partial charge in [0.1, 0.15) is 5.69 Å². The predicted octanol–water partition coefficient (Wildman–Crippen LogP) is 3.23. The lowest BCUT2D eigenvalue weighted by atomic mass is 9.87. The van der Waals surface area contributed by atoms with Gasteiger partial charge >= 0.3 is 0 Å². The van der Waals surface area contributed by atoms with Crippen molar-refractivity contribution in [1.82, 2.24) is 30.5 Å². The van der Waals surface area contributed by atoms with E-state index in [1.807, 2.05) is 0 Å². The van der Waals surface area contributed by atoms with Gasteiger partial charge in [0.2, 0.25) is 5.91 Å². The second-order valence-corrected chi connectivity index (χ2v) is 10.6. The fourth-order valence-corrected chi connectivity index (χ4v) is 6.37. The van der Waals surface area contributed by atoms with Crippen molar-refractivity contribution >= 4 is 5.91 Å². The van der Waals surface area contributed by atoms with E-state index in [1.54, 1.807) is 0 Å². The quantitative estimate of drug-likeness (QED) is 0.632. The highest BCUT2D eigenvalue weighted by Gasteiger charge is 2.49. The number of nitrogens with one attached hydrogen (secondary N) is 3. The summed E-state index contributed by atoms with van der Waals surface area (Å²) in [6.07, 6.45) is 8.97. The molecule has 6 rings (SSSR count). The minimum Gasteiger partial charge on any atom is -0.341 e. The van der Waals surface area contributed by atoms with Crippen LogP contribution < -0.4 is 10.6 Å². The second-order valence-electron chi connectivity index (χ2n) is 10.6. The lowest BCUT2D eigenvalue weighted by Gasteiger charge is -2.45. The Labute approximate surface area is 196 Å². The number of H-pyrrole nitrogens is 1. The molecular weight excluding hydrogens is 412 g/mol. The van der Waals surface area contributed by atoms with Gasteiger partial charge in [0.15, 0.2) is 5.82 Å². The highest BCUT2D eigenvalue weighted by atomic mass is 16.2. The Morgan fingerprint density at radius 1 is 1.06 bits per heavy atom. The van der Waals surface area contributed by atoms with Crippen LogP contribution in [0.5, 0.6) is 0 Å². The minimum atomic E-state index is -0.383. The number of rotatable bonds is 6. The van der Waals surface area contributed by atoms with Crippen LogP contribution in [0.15, 0.2) is 18.2 Å². The van der Waals surface area contributed by atoms with Crippen LogP contribution in [0, 0.1) is 12.8 Å². The van der Waals surface area contributed by atoms with Gasteiger partial charge in [0, 0.05) is 30.7 Å². The van der Waals surface area contributed by atoms with Crippen LogP contribution in [-0.4, -0.2) is 58.0 Å². The van der Waals surface area contributed by atoms with Gasteiger partial charge in [-0.3, -0.25) is 4.79 Å². The van der Waals surface area contributed by atoms with E-state index in [0.717, 1.165) is 74.8 Å². The van der Waals surface area contributed by atoms with Gasteiger partial charge in [-0.05, 0) is 70.7 Å². The fourth-order valence-electron chi connectivity index (χ4n) is 6.37. The number of carbonyl (C=O) groups is 1. The Morgan fingerprint density at radius 3 is 2.61 bits per heavy atom. The molecule has 0 spiro atoms. The number of nitrogens with zero attached hydrogens (tertiary/aromatic N) is 3. The predicted molar refractivity (Wildman–Crippen MR) is 128 cm³/mol. The van der Waals surface area contributed by atoms with Crippen molar-refractivity contribution in [2.75, 3.05) is 26.2 Å². The van der Waals surface area contributed by atoms with Crippen molar-refractivity contribution in [3.63, 3.8) is 0 Å². The smallest absolute Gasteiger partial charge is 0.228 e. The number of aromatic nitrogens is 3. The molecule has 4 aliphatic rings. The SMILES string of the molecule is Cc1[nH]c(-c2cccc([C@@]3(N(C(=O)[C@H]4CCNC4)C4CCCC4)CCNC3)n2)nc1C1CC1. The molecule has 33 heavy (non-hydrogen) atoms. The Kier molecular flexibility index (Phi) is 5.49. The number of imidazole rings is 1. The first-order chi connectivity index (χ1) is 16.2. The molecule has 2 aromatic rings. The Hall–Kier alpha value is -2.25. The molecule has 0 aromatic carbocycles. The lowest BCUT2D eigenvalue weighted by Crippen LogP contribution is -2.57. The number of carbonyl (C=O) groups excluding carboxylic acids is 1. The zero-order valence-electron chi connectivity index (χ0n) is 19.7. The molecule has 2 aliphatic carbocycles. The van der Waals surface area contributed by atoms with Gasteiger partial charge in [-0.1, -0.05) is 18.9 Å². The first kappa shape index (κ1) is 21.3. The third kappa shape index (κ3) is 3.79. The van der Waals surface area contributed by atoms with Gasteiger partial charge in [-0.25, -0.2) is 9.97 Å². The first-order valence-electron chi connectivity index (χ1n) is 12.9. The lowest BCUT2D eigenvalue weighted by molar-refractivity contribution is -0.145. The molecule has 0 unspecified atom stereocenters. The average Bonchev–Trinajstić information content (AvgIpc) is 3.34. The van der Waals surface area contributed by atoms with Gasteiger partial charge in [0.25, 0.3) is 0 Å². The van der Waals surface area contributed by atoms with Crippen LogP contribution in [0.1, 0.15) is 74.4 Å². The summed E-state index contributed by atoms with van der Waals surface area (Å²) in [7, 11) is 0. The summed E-state index contributed by atoms with van der Waals surface area (Å²) in [5.74, 6) is 1.88. The molecule has 7 heteroatoms. The molecule has 2 saturated carbocycles. The number of aryl methyl sites for hydroxylation is 1. The maximum absolute atomic E-state index is 14.0. The molecule has 2 saturated heterocycles. The largest absolute Gasteiger partial charge is 0.341 e. The monoisotopic (exact) mass is 448 g/mol. The Balaban J connectivity index is 1.40. The molecular formula is C26H36N6O. The third-order valence-corrected chi connectivity index (χ3v) is 8.29. The van der Waals surface area contributed by atoms with E-state index in [9.17, 15) is 4.79 Å². The van der Waals surface area contributed by atoms with Gasteiger partial charge in [-0.2, -0.15) is 0 Å². The van der Waals surface area contributed by atoms with Crippen LogP contribution in [0.3, 0.4) is 0 Å². The molecule has 2 atom stereocenters. The molecule has 2 aliphatic heterocycles. The van der Waals surface area contributed by atoms with Gasteiger partial charge in [0.05, 0.1) is 22.8 Å². The van der Waals surface area contributed by atoms with Gasteiger partial charge in [-0.15, -0.1) is 0 Å². The van der Waals surface area contributed by atoms with E-state index in [2.05, 4.69) is 45.6 Å². The molecule has 176 valence electrons. The highest BCUT2D eigenvalue weighted by Crippen LogP contribution is 2.43. The molecule has 4 heterocycles. The number of hydrogen-bond acceptors (Lipinski definition) is 5. The van der Waals surface area contributed by atoms with Crippen LogP contribution in [0.25, 0.3) is 11.5 Å². The zero-order valence-corrected chi connectivity index (χ0v) is 19.7. The normalized spacial score (nSPS) is 28.0. The summed E-state index contributed by atoms with van der Waals surface area (Å²) in [6, 6.07) is 6.60. The van der Waals surface area contributed by atoms with Crippen molar-refractivity contribution in [2.45, 2.75) is 75.8 Å². The third-order valence-electron chi connectivity index (χ3n) is 8.29. The van der Waals surface area contributed by atoms with E-state index in [-0.39, 0.29) is 11.5 Å². The summed E-state index contributed by atoms with van der Waals surface area (Å²) in [5.41, 5.74) is 3.87. The molecule has 3 N–H and O–H groups in total. The molecule has 0 bridgehead atoms. The van der Waals surface area contributed by atoms with Crippen molar-refractivity contribution in [3.05, 3.63) is 35.3 Å². The van der Waals surface area contributed by atoms with Crippen LogP contribution >= 0.6 is 0 Å². The molecule has 1 amide bonds. The summed E-state index contributed by atoms with van der Waals surface area (Å²) >= 11 is 0. The van der Waals surface area contributed by atoms with Crippen molar-refractivity contribution < 1.29 is 4.79 Å². The van der Waals surface area contributed by atoms with Crippen molar-refractivity contribution in [2.24, 2.45) is 5.92 Å². The first-order valence-corrected chi connectivity index (χ1v) is 12.9. The summed E-state index contributed by atoms with van der Waals surface area (Å²) in [6.45, 7) is 5.55. The molecule has 2 aromatic heterocycles. The second kappa shape index (κ2) is 8.51. The molecule has 7 nitrogen and oxygen atoms in total. The maximum atomic E-state index is 14.0. The van der Waals surface area contributed by atoms with E-state index >= 15 is 0 Å². The van der Waals surface area contributed by atoms with Crippen LogP contribution in [-0.2, 0) is 10.3 Å². The summed E-state index contributed by atoms with van der Waals surface area (Å²) in [5, 5.41) is 6.99. The average molecular weight is 449 g/mol. The van der Waals surface area contributed by atoms with Crippen molar-refractivity contribution in [3.8, 4) is 11.5 Å². The number of aromatic amines is 1. The number of amides is 1. The summed E-state index contributed by atoms with van der Waals surface area (Å²) in [4.78, 5) is 29.9. The number of hydrogen-bond donors (Lipinski definition) is 3. The maximum Gasteiger partial charge on any atom is 0.228 e. The van der Waals surface area contributed by atoms with Gasteiger partial charge < -0.3 is 20.5 Å². The van der Waals surface area contributed by atoms with Crippen molar-refractivity contribution in [1.29, 1.82) is 0 Å². The zero-order chi connectivity index (χ0) is 22.4. The van der Waals surface area contributed by atoms with E-state index in [4.69, 9.17) is 9.97 Å². The number of pyridine rings is 1. The topological polar surface area (TPSA) is 85.9 Å². The van der Waals surface area contributed by atoms with E-state index in [0.29, 0.717) is 17.9 Å². The summed E-state index contributed by atoms with van der Waals surface area (Å²) < 4.78 is 0. The highest BCUT2D eigenvalue weighted by molar-refractivity contribution is 5.81. The standard InChI is InChI=1S/C26H36N6O/c1-17-23(18-9-10-18)31-24(29-17)21-7-4-8-22(30-21)26(12-14-28-16-26)32(20-5-2-3-6-20)25(33)19-11-13-27-15-19/h4,7-8,18-20,27-28H,2-3,5-6,9-16H2,1H3,(H,29,31)/t19-,26+/m0/s1. The molecule has 0 radical (unpaired) electrons. The minimum absolute atomic E-state index is 0.0834. The van der Waals surface area contributed by atoms with Crippen LogP contribution in [0.4, 0.5) is 0 Å². The van der Waals surface area contributed by atoms with E-state index < -0.39 is 0 Å². The molecule has 4 fully saturated rings. The fraction of sp³-hybridized carbons (Fsp3) is 0.654. The Bertz CT molecular complexity index is 1010. The van der Waals surface area contributed by atoms with Crippen LogP contribution in [0.2, 0.25) is 0 Å². The Morgan fingerprint density at radius 2 is 1.91 bits per heavy atom.